The lowest BCUT2D eigenvalue weighted by molar-refractivity contribution is -0.141. The van der Waals surface area contributed by atoms with E-state index in [-0.39, 0.29) is 0 Å². The maximum absolute atomic E-state index is 12.4. The van der Waals surface area contributed by atoms with Gasteiger partial charge in [-0.1, -0.05) is 35.9 Å². The highest BCUT2D eigenvalue weighted by Gasteiger charge is 2.22. The number of nitrogens with zero attached hydrogens (tertiary/aromatic N) is 1. The van der Waals surface area contributed by atoms with E-state index in [4.69, 9.17) is 25.8 Å². The number of thioether (sulfide) groups is 1. The third kappa shape index (κ3) is 7.40. The summed E-state index contributed by atoms with van der Waals surface area (Å²) in [5.74, 6) is 0.544. The van der Waals surface area contributed by atoms with Gasteiger partial charge in [-0.15, -0.1) is 11.8 Å². The Morgan fingerprint density at radius 2 is 1.79 bits per heavy atom. The van der Waals surface area contributed by atoms with Crippen LogP contribution >= 0.6 is 23.4 Å². The van der Waals surface area contributed by atoms with Crippen LogP contribution in [0.3, 0.4) is 0 Å². The highest BCUT2D eigenvalue weighted by molar-refractivity contribution is 7.99. The van der Waals surface area contributed by atoms with Gasteiger partial charge < -0.3 is 19.5 Å². The number of aromatic nitrogens is 1. The average molecular weight is 501 g/mol. The molecule has 1 heterocycles. The van der Waals surface area contributed by atoms with Crippen LogP contribution in [0, 0.1) is 0 Å². The van der Waals surface area contributed by atoms with E-state index in [1.807, 2.05) is 30.3 Å². The molecule has 7 nitrogen and oxygen atoms in total. The van der Waals surface area contributed by atoms with Crippen molar-refractivity contribution in [2.45, 2.75) is 17.5 Å². The number of carbonyl (C=O) groups excluding carboxylic acids is 2. The van der Waals surface area contributed by atoms with Crippen molar-refractivity contribution in [1.29, 1.82) is 0 Å². The molecule has 0 aliphatic carbocycles. The minimum Gasteiger partial charge on any atom is -0.493 e. The van der Waals surface area contributed by atoms with Crippen LogP contribution in [0.2, 0.25) is 5.02 Å². The van der Waals surface area contributed by atoms with Crippen LogP contribution in [0.1, 0.15) is 15.9 Å². The molecule has 3 rings (SSSR count). The maximum atomic E-state index is 12.4. The van der Waals surface area contributed by atoms with E-state index in [1.165, 1.54) is 14.2 Å². The van der Waals surface area contributed by atoms with Gasteiger partial charge in [0.05, 0.1) is 36.4 Å². The Kier molecular flexibility index (Phi) is 9.61. The van der Waals surface area contributed by atoms with Crippen LogP contribution in [0.25, 0.3) is 0 Å². The highest BCUT2D eigenvalue weighted by Crippen LogP contribution is 2.21. The quantitative estimate of drug-likeness (QED) is 0.226. The summed E-state index contributed by atoms with van der Waals surface area (Å²) in [5.41, 5.74) is 1.75. The molecule has 3 aromatic rings. The molecule has 0 bridgehead atoms. The summed E-state index contributed by atoms with van der Waals surface area (Å²) >= 11 is 7.43. The number of methoxy groups -OCH3 is 2. The normalized spacial score (nSPS) is 11.4. The molecule has 0 saturated heterocycles. The van der Waals surface area contributed by atoms with Crippen molar-refractivity contribution in [1.82, 2.24) is 4.98 Å². The van der Waals surface area contributed by atoms with Crippen LogP contribution in [0.5, 0.6) is 5.75 Å². The highest BCUT2D eigenvalue weighted by atomic mass is 35.5. The fourth-order valence-corrected chi connectivity index (χ4v) is 3.91. The number of hydrogen-bond donors (Lipinski definition) is 1. The number of para-hydroxylation sites is 1. The number of carbonyl (C=O) groups is 2. The van der Waals surface area contributed by atoms with Gasteiger partial charge >= 0.3 is 11.9 Å². The maximum Gasteiger partial charge on any atom is 0.339 e. The number of ether oxygens (including phenoxy) is 3. The molecule has 1 atom stereocenters. The number of halogens is 1. The van der Waals surface area contributed by atoms with Crippen LogP contribution in [0.15, 0.2) is 71.9 Å². The molecule has 1 aromatic heterocycles. The van der Waals surface area contributed by atoms with Gasteiger partial charge in [-0.05, 0) is 42.0 Å². The molecule has 178 valence electrons. The molecule has 0 radical (unpaired) electrons. The van der Waals surface area contributed by atoms with Gasteiger partial charge in [0, 0.05) is 24.1 Å². The molecule has 9 heteroatoms. The lowest BCUT2D eigenvalue weighted by Crippen LogP contribution is -2.33. The summed E-state index contributed by atoms with van der Waals surface area (Å²) in [6.45, 7) is 0.519. The van der Waals surface area contributed by atoms with Gasteiger partial charge in [0.1, 0.15) is 11.8 Å². The molecule has 1 N–H and O–H groups in total. The molecule has 1 unspecified atom stereocenters. The van der Waals surface area contributed by atoms with Crippen molar-refractivity contribution in [3.05, 3.63) is 83.0 Å². The van der Waals surface area contributed by atoms with Gasteiger partial charge in [-0.2, -0.15) is 0 Å². The van der Waals surface area contributed by atoms with Gasteiger partial charge in [-0.3, -0.25) is 0 Å². The molecule has 0 amide bonds. The zero-order valence-electron chi connectivity index (χ0n) is 18.8. The van der Waals surface area contributed by atoms with E-state index in [1.54, 1.807) is 48.3 Å². The molecule has 0 saturated carbocycles. The van der Waals surface area contributed by atoms with Crippen molar-refractivity contribution in [2.24, 2.45) is 0 Å². The number of benzene rings is 2. The van der Waals surface area contributed by atoms with Gasteiger partial charge in [0.25, 0.3) is 0 Å². The van der Waals surface area contributed by atoms with Crippen LogP contribution in [0.4, 0.5) is 5.69 Å². The summed E-state index contributed by atoms with van der Waals surface area (Å²) in [6, 6.07) is 17.4. The molecule has 0 aliphatic rings. The van der Waals surface area contributed by atoms with E-state index in [2.05, 4.69) is 10.3 Å². The minimum atomic E-state index is -0.689. The smallest absolute Gasteiger partial charge is 0.339 e. The lowest BCUT2D eigenvalue weighted by atomic mass is 10.0. The monoisotopic (exact) mass is 500 g/mol. The van der Waals surface area contributed by atoms with E-state index in [9.17, 15) is 9.59 Å². The molecule has 0 aliphatic heterocycles. The molecule has 2 aromatic carbocycles. The SMILES string of the molecule is COC(=O)c1ccccc1NC(Cc1ccc(OCCSc2ccc(Cl)cn2)cc1)C(=O)OC. The first kappa shape index (κ1) is 25.4. The Morgan fingerprint density at radius 3 is 2.47 bits per heavy atom. The van der Waals surface area contributed by atoms with Crippen molar-refractivity contribution < 1.29 is 23.8 Å². The van der Waals surface area contributed by atoms with Crippen LogP contribution < -0.4 is 10.1 Å². The van der Waals surface area contributed by atoms with Crippen molar-refractivity contribution >= 4 is 41.0 Å². The Labute approximate surface area is 207 Å². The first-order valence-electron chi connectivity index (χ1n) is 10.5. The van der Waals surface area contributed by atoms with E-state index in [0.29, 0.717) is 29.3 Å². The Hall–Kier alpha value is -3.23. The Morgan fingerprint density at radius 1 is 1.03 bits per heavy atom. The number of hydrogen-bond acceptors (Lipinski definition) is 8. The predicted molar refractivity (Wildman–Crippen MR) is 133 cm³/mol. The Bertz CT molecular complexity index is 1090. The van der Waals surface area contributed by atoms with Gasteiger partial charge in [0.2, 0.25) is 0 Å². The summed E-state index contributed by atoms with van der Waals surface area (Å²) in [6.07, 6.45) is 1.98. The van der Waals surface area contributed by atoms with E-state index < -0.39 is 18.0 Å². The van der Waals surface area contributed by atoms with Crippen LogP contribution in [-0.2, 0) is 20.7 Å². The lowest BCUT2D eigenvalue weighted by Gasteiger charge is -2.19. The number of anilines is 1. The van der Waals surface area contributed by atoms with Crippen LogP contribution in [-0.4, -0.2) is 49.5 Å². The first-order valence-corrected chi connectivity index (χ1v) is 11.8. The topological polar surface area (TPSA) is 86.8 Å². The third-order valence-corrected chi connectivity index (χ3v) is 5.94. The summed E-state index contributed by atoms with van der Waals surface area (Å²) in [5, 5.41) is 4.61. The zero-order chi connectivity index (χ0) is 24.3. The van der Waals surface area contributed by atoms with Gasteiger partial charge in [-0.25, -0.2) is 14.6 Å². The fourth-order valence-electron chi connectivity index (χ4n) is 3.13. The predicted octanol–water partition coefficient (Wildman–Crippen LogP) is 4.89. The third-order valence-electron chi connectivity index (χ3n) is 4.81. The summed E-state index contributed by atoms with van der Waals surface area (Å²) in [7, 11) is 2.64. The average Bonchev–Trinajstić information content (AvgIpc) is 2.87. The molecular weight excluding hydrogens is 476 g/mol. The molecule has 0 fully saturated rings. The second kappa shape index (κ2) is 12.9. The molecule has 0 spiro atoms. The minimum absolute atomic E-state index is 0.342. The summed E-state index contributed by atoms with van der Waals surface area (Å²) in [4.78, 5) is 28.7. The molecular formula is C25H25ClN2O5S. The number of esters is 2. The van der Waals surface area contributed by atoms with Crippen molar-refractivity contribution in [3.63, 3.8) is 0 Å². The molecule has 34 heavy (non-hydrogen) atoms. The second-order valence-corrected chi connectivity index (χ2v) is 8.67. The first-order chi connectivity index (χ1) is 16.5. The number of nitrogens with one attached hydrogen (secondary N) is 1. The van der Waals surface area contributed by atoms with Crippen molar-refractivity contribution in [2.75, 3.05) is 31.9 Å². The second-order valence-electron chi connectivity index (χ2n) is 7.12. The fraction of sp³-hybridized carbons (Fsp3) is 0.240. The summed E-state index contributed by atoms with van der Waals surface area (Å²) < 4.78 is 15.6. The van der Waals surface area contributed by atoms with E-state index >= 15 is 0 Å². The Balaban J connectivity index is 1.57. The number of pyridine rings is 1. The standard InChI is InChI=1S/C25H25ClN2O5S/c1-31-24(29)20-5-3-4-6-21(20)28-22(25(30)32-2)15-17-7-10-19(11-8-17)33-13-14-34-23-12-9-18(26)16-27-23/h3-12,16,22,28H,13-15H2,1-2H3. The zero-order valence-corrected chi connectivity index (χ0v) is 20.4. The largest absolute Gasteiger partial charge is 0.493 e. The van der Waals surface area contributed by atoms with E-state index in [0.717, 1.165) is 22.1 Å². The van der Waals surface area contributed by atoms with Gasteiger partial charge in [0.15, 0.2) is 0 Å². The van der Waals surface area contributed by atoms with Crippen molar-refractivity contribution in [3.8, 4) is 5.75 Å². The number of rotatable bonds is 11.